The Morgan fingerprint density at radius 3 is 2.62 bits per heavy atom. The molecule has 0 saturated carbocycles. The zero-order chi connectivity index (χ0) is 15.6. The van der Waals surface area contributed by atoms with E-state index in [1.807, 2.05) is 0 Å². The van der Waals surface area contributed by atoms with Crippen LogP contribution in [0.3, 0.4) is 0 Å². The average Bonchev–Trinajstić information content (AvgIpc) is 2.74. The first-order chi connectivity index (χ1) is 9.83. The molecule has 0 aliphatic rings. The third kappa shape index (κ3) is 3.26. The van der Waals surface area contributed by atoms with Gasteiger partial charge in [-0.1, -0.05) is 24.3 Å². The van der Waals surface area contributed by atoms with Crippen molar-refractivity contribution < 1.29 is 22.4 Å². The molecule has 1 aromatic carbocycles. The summed E-state index contributed by atoms with van der Waals surface area (Å²) in [5, 5.41) is 0.714. The molecule has 0 saturated heterocycles. The third-order valence-corrected chi connectivity index (χ3v) is 3.04. The van der Waals surface area contributed by atoms with Gasteiger partial charge in [0, 0.05) is 17.5 Å². The summed E-state index contributed by atoms with van der Waals surface area (Å²) in [5.74, 6) is -0.858. The van der Waals surface area contributed by atoms with Crippen LogP contribution in [-0.2, 0) is 0 Å². The number of amides is 1. The van der Waals surface area contributed by atoms with Gasteiger partial charge in [-0.05, 0) is 13.0 Å². The smallest absolute Gasteiger partial charge is 0.406 e. The zero-order valence-corrected chi connectivity index (χ0v) is 11.4. The number of rotatable bonds is 4. The minimum absolute atomic E-state index is 0.0673. The molecule has 0 bridgehead atoms. The van der Waals surface area contributed by atoms with Crippen LogP contribution in [-0.4, -0.2) is 30.1 Å². The van der Waals surface area contributed by atoms with Crippen molar-refractivity contribution >= 4 is 16.9 Å². The highest BCUT2D eigenvalue weighted by atomic mass is 19.4. The van der Waals surface area contributed by atoms with Crippen LogP contribution in [0.4, 0.5) is 13.2 Å². The van der Waals surface area contributed by atoms with E-state index < -0.39 is 18.6 Å². The topological polar surface area (TPSA) is 33.5 Å². The SMILES string of the molecule is C=CCN(CC(F)(F)F)C(=O)c1oc2ccccc2c1C. The second-order valence-corrected chi connectivity index (χ2v) is 4.64. The number of para-hydroxylation sites is 1. The molecular formula is C15H14F3NO2. The van der Waals surface area contributed by atoms with Crippen LogP contribution in [0.5, 0.6) is 0 Å². The van der Waals surface area contributed by atoms with E-state index in [1.54, 1.807) is 31.2 Å². The Morgan fingerprint density at radius 2 is 2.05 bits per heavy atom. The number of hydrogen-bond donors (Lipinski definition) is 0. The van der Waals surface area contributed by atoms with E-state index in [9.17, 15) is 18.0 Å². The Bertz CT molecular complexity index is 673. The lowest BCUT2D eigenvalue weighted by Crippen LogP contribution is -2.39. The van der Waals surface area contributed by atoms with Gasteiger partial charge >= 0.3 is 6.18 Å². The van der Waals surface area contributed by atoms with Crippen LogP contribution in [0, 0.1) is 6.92 Å². The first-order valence-corrected chi connectivity index (χ1v) is 6.28. The van der Waals surface area contributed by atoms with E-state index in [4.69, 9.17) is 4.42 Å². The van der Waals surface area contributed by atoms with Crippen LogP contribution in [0.25, 0.3) is 11.0 Å². The van der Waals surface area contributed by atoms with Crippen molar-refractivity contribution in [2.24, 2.45) is 0 Å². The van der Waals surface area contributed by atoms with Crippen LogP contribution in [0.1, 0.15) is 16.1 Å². The summed E-state index contributed by atoms with van der Waals surface area (Å²) in [5.41, 5.74) is 1.01. The van der Waals surface area contributed by atoms with Crippen molar-refractivity contribution in [1.82, 2.24) is 4.90 Å². The van der Waals surface area contributed by atoms with Crippen molar-refractivity contribution in [3.05, 3.63) is 48.2 Å². The molecule has 0 unspecified atom stereocenters. The zero-order valence-electron chi connectivity index (χ0n) is 11.4. The van der Waals surface area contributed by atoms with Gasteiger partial charge in [-0.25, -0.2) is 0 Å². The van der Waals surface area contributed by atoms with E-state index in [0.717, 1.165) is 0 Å². The fourth-order valence-electron chi connectivity index (χ4n) is 2.11. The van der Waals surface area contributed by atoms with Gasteiger partial charge in [-0.15, -0.1) is 6.58 Å². The van der Waals surface area contributed by atoms with E-state index in [1.165, 1.54) is 6.08 Å². The van der Waals surface area contributed by atoms with Gasteiger partial charge < -0.3 is 9.32 Å². The molecular weight excluding hydrogens is 283 g/mol. The van der Waals surface area contributed by atoms with Crippen molar-refractivity contribution in [2.45, 2.75) is 13.1 Å². The fraction of sp³-hybridized carbons (Fsp3) is 0.267. The maximum Gasteiger partial charge on any atom is 0.406 e. The maximum absolute atomic E-state index is 12.6. The molecule has 0 radical (unpaired) electrons. The van der Waals surface area contributed by atoms with Gasteiger partial charge in [0.2, 0.25) is 0 Å². The number of alkyl halides is 3. The first-order valence-electron chi connectivity index (χ1n) is 6.28. The van der Waals surface area contributed by atoms with Crippen molar-refractivity contribution in [1.29, 1.82) is 0 Å². The maximum atomic E-state index is 12.6. The minimum atomic E-state index is -4.47. The second kappa shape index (κ2) is 5.63. The van der Waals surface area contributed by atoms with E-state index >= 15 is 0 Å². The van der Waals surface area contributed by atoms with Crippen LogP contribution >= 0.6 is 0 Å². The Kier molecular flexibility index (Phi) is 4.06. The number of nitrogens with zero attached hydrogens (tertiary/aromatic N) is 1. The predicted molar refractivity (Wildman–Crippen MR) is 73.1 cm³/mol. The molecule has 0 aliphatic carbocycles. The minimum Gasteiger partial charge on any atom is -0.451 e. The molecule has 112 valence electrons. The van der Waals surface area contributed by atoms with E-state index in [0.29, 0.717) is 21.4 Å². The third-order valence-electron chi connectivity index (χ3n) is 3.04. The highest BCUT2D eigenvalue weighted by Gasteiger charge is 2.34. The van der Waals surface area contributed by atoms with Crippen LogP contribution in [0.15, 0.2) is 41.3 Å². The highest BCUT2D eigenvalue weighted by molar-refractivity contribution is 5.99. The molecule has 1 amide bonds. The predicted octanol–water partition coefficient (Wildman–Crippen LogP) is 3.93. The summed E-state index contributed by atoms with van der Waals surface area (Å²) < 4.78 is 43.1. The second-order valence-electron chi connectivity index (χ2n) is 4.64. The van der Waals surface area contributed by atoms with E-state index in [2.05, 4.69) is 6.58 Å². The molecule has 1 aromatic heterocycles. The van der Waals surface area contributed by atoms with Gasteiger partial charge in [-0.2, -0.15) is 13.2 Å². The summed E-state index contributed by atoms with van der Waals surface area (Å²) in [6, 6.07) is 6.93. The first kappa shape index (κ1) is 15.2. The lowest BCUT2D eigenvalue weighted by molar-refractivity contribution is -0.139. The normalized spacial score (nSPS) is 11.6. The largest absolute Gasteiger partial charge is 0.451 e. The molecule has 2 rings (SSSR count). The molecule has 6 heteroatoms. The monoisotopic (exact) mass is 297 g/mol. The van der Waals surface area contributed by atoms with Crippen molar-refractivity contribution in [3.8, 4) is 0 Å². The lowest BCUT2D eigenvalue weighted by atomic mass is 10.1. The van der Waals surface area contributed by atoms with Crippen LogP contribution < -0.4 is 0 Å². The van der Waals surface area contributed by atoms with Gasteiger partial charge in [-0.3, -0.25) is 4.79 Å². The molecule has 0 aliphatic heterocycles. The fourth-order valence-corrected chi connectivity index (χ4v) is 2.11. The molecule has 0 fully saturated rings. The Balaban J connectivity index is 2.38. The number of carbonyl (C=O) groups is 1. The molecule has 0 atom stereocenters. The number of fused-ring (bicyclic) bond motifs is 1. The number of hydrogen-bond acceptors (Lipinski definition) is 2. The molecule has 21 heavy (non-hydrogen) atoms. The highest BCUT2D eigenvalue weighted by Crippen LogP contribution is 2.27. The number of furan rings is 1. The van der Waals surface area contributed by atoms with Crippen molar-refractivity contribution in [2.75, 3.05) is 13.1 Å². The van der Waals surface area contributed by atoms with E-state index in [-0.39, 0.29) is 12.3 Å². The molecule has 3 nitrogen and oxygen atoms in total. The Morgan fingerprint density at radius 1 is 1.38 bits per heavy atom. The molecule has 1 heterocycles. The summed E-state index contributed by atoms with van der Waals surface area (Å²) in [6.07, 6.45) is -3.22. The average molecular weight is 297 g/mol. The number of halogens is 3. The standard InChI is InChI=1S/C15H14F3NO2/c1-3-8-19(9-15(16,17)18)14(20)13-10(2)11-6-4-5-7-12(11)21-13/h3-7H,1,8-9H2,2H3. The number of carbonyl (C=O) groups excluding carboxylic acids is 1. The molecule has 2 aromatic rings. The van der Waals surface area contributed by atoms with Crippen molar-refractivity contribution in [3.63, 3.8) is 0 Å². The van der Waals surface area contributed by atoms with Gasteiger partial charge in [0.1, 0.15) is 12.1 Å². The Labute approximate surface area is 119 Å². The summed E-state index contributed by atoms with van der Waals surface area (Å²) in [6.45, 7) is 3.49. The van der Waals surface area contributed by atoms with Gasteiger partial charge in [0.25, 0.3) is 5.91 Å². The molecule has 0 N–H and O–H groups in total. The Hall–Kier alpha value is -2.24. The summed E-state index contributed by atoms with van der Waals surface area (Å²) in [4.78, 5) is 13.0. The van der Waals surface area contributed by atoms with Gasteiger partial charge in [0.05, 0.1) is 0 Å². The molecule has 0 spiro atoms. The number of benzene rings is 1. The lowest BCUT2D eigenvalue weighted by Gasteiger charge is -2.21. The summed E-state index contributed by atoms with van der Waals surface area (Å²) >= 11 is 0. The number of aryl methyl sites for hydroxylation is 1. The summed E-state index contributed by atoms with van der Waals surface area (Å²) in [7, 11) is 0. The van der Waals surface area contributed by atoms with Crippen LogP contribution in [0.2, 0.25) is 0 Å². The van der Waals surface area contributed by atoms with Gasteiger partial charge in [0.15, 0.2) is 5.76 Å². The quantitative estimate of drug-likeness (QED) is 0.801.